The molecule has 1 aliphatic rings. The molecule has 1 atom stereocenters. The molecule has 1 unspecified atom stereocenters. The van der Waals surface area contributed by atoms with E-state index >= 15 is 0 Å². The van der Waals surface area contributed by atoms with E-state index in [1.807, 2.05) is 33.0 Å². The van der Waals surface area contributed by atoms with Gasteiger partial charge in [0.1, 0.15) is 11.4 Å². The van der Waals surface area contributed by atoms with Crippen molar-refractivity contribution in [3.8, 4) is 0 Å². The first-order valence-electron chi connectivity index (χ1n) is 7.39. The van der Waals surface area contributed by atoms with Gasteiger partial charge in [-0.1, -0.05) is 18.2 Å². The summed E-state index contributed by atoms with van der Waals surface area (Å²) in [6.45, 7) is 5.98. The number of amides is 1. The molecule has 2 rings (SSSR count). The number of hydrogen-bond donors (Lipinski definition) is 1. The second kappa shape index (κ2) is 6.38. The Morgan fingerprint density at radius 3 is 2.73 bits per heavy atom. The monoisotopic (exact) mass is 306 g/mol. The molecule has 22 heavy (non-hydrogen) atoms. The zero-order valence-electron chi connectivity index (χ0n) is 13.5. The standard InChI is InChI=1S/C17H23FN2O2/c1-17(2,3)22-16(21)20(4)11-12-9-15(19-10-12)13-7-5-6-8-14(13)18/h5-8,10,15,19H,9,11H2,1-4H3. The summed E-state index contributed by atoms with van der Waals surface area (Å²) in [5.41, 5.74) is 1.18. The molecule has 120 valence electrons. The summed E-state index contributed by atoms with van der Waals surface area (Å²) < 4.78 is 19.1. The number of benzene rings is 1. The lowest BCUT2D eigenvalue weighted by Gasteiger charge is -2.25. The van der Waals surface area contributed by atoms with Crippen molar-refractivity contribution in [1.82, 2.24) is 10.2 Å². The molecule has 5 heteroatoms. The molecular weight excluding hydrogens is 283 g/mol. The van der Waals surface area contributed by atoms with Crippen LogP contribution in [0.15, 0.2) is 36.0 Å². The van der Waals surface area contributed by atoms with Crippen molar-refractivity contribution in [3.63, 3.8) is 0 Å². The fraction of sp³-hybridized carbons (Fsp3) is 0.471. The zero-order valence-corrected chi connectivity index (χ0v) is 13.5. The van der Waals surface area contributed by atoms with Crippen LogP contribution in [0.1, 0.15) is 38.8 Å². The van der Waals surface area contributed by atoms with Crippen LogP contribution in [0.2, 0.25) is 0 Å². The summed E-state index contributed by atoms with van der Waals surface area (Å²) in [7, 11) is 1.70. The number of nitrogens with one attached hydrogen (secondary N) is 1. The third-order valence-corrected chi connectivity index (χ3v) is 3.38. The van der Waals surface area contributed by atoms with Crippen LogP contribution in [0.5, 0.6) is 0 Å². The predicted molar refractivity (Wildman–Crippen MR) is 83.8 cm³/mol. The lowest BCUT2D eigenvalue weighted by Crippen LogP contribution is -2.35. The smallest absolute Gasteiger partial charge is 0.410 e. The minimum absolute atomic E-state index is 0.0803. The number of likely N-dealkylation sites (N-methyl/N-ethyl adjacent to an activating group) is 1. The molecule has 0 bridgehead atoms. The fourth-order valence-electron chi connectivity index (χ4n) is 2.38. The average molecular weight is 306 g/mol. The van der Waals surface area contributed by atoms with Gasteiger partial charge in [0.05, 0.1) is 6.04 Å². The first kappa shape index (κ1) is 16.3. The van der Waals surface area contributed by atoms with E-state index in [0.717, 1.165) is 5.57 Å². The molecule has 0 saturated heterocycles. The molecule has 0 spiro atoms. The van der Waals surface area contributed by atoms with E-state index in [9.17, 15) is 9.18 Å². The van der Waals surface area contributed by atoms with Gasteiger partial charge in [0.15, 0.2) is 0 Å². The first-order chi connectivity index (χ1) is 10.3. The van der Waals surface area contributed by atoms with Crippen LogP contribution in [-0.2, 0) is 4.74 Å². The van der Waals surface area contributed by atoms with Crippen molar-refractivity contribution >= 4 is 6.09 Å². The van der Waals surface area contributed by atoms with Gasteiger partial charge in [-0.3, -0.25) is 0 Å². The van der Waals surface area contributed by atoms with Crippen molar-refractivity contribution in [1.29, 1.82) is 0 Å². The molecule has 1 aromatic rings. The molecule has 1 amide bonds. The number of rotatable bonds is 3. The maximum Gasteiger partial charge on any atom is 0.410 e. The Bertz CT molecular complexity index is 578. The molecule has 1 aromatic carbocycles. The van der Waals surface area contributed by atoms with Crippen molar-refractivity contribution in [2.75, 3.05) is 13.6 Å². The second-order valence-corrected chi connectivity index (χ2v) is 6.58. The Kier molecular flexibility index (Phi) is 4.74. The van der Waals surface area contributed by atoms with E-state index in [1.165, 1.54) is 11.0 Å². The van der Waals surface area contributed by atoms with Crippen LogP contribution >= 0.6 is 0 Å². The lowest BCUT2D eigenvalue weighted by atomic mass is 10.0. The molecule has 0 aromatic heterocycles. The van der Waals surface area contributed by atoms with Crippen molar-refractivity contribution in [2.24, 2.45) is 0 Å². The largest absolute Gasteiger partial charge is 0.444 e. The van der Waals surface area contributed by atoms with E-state index in [1.54, 1.807) is 19.2 Å². The van der Waals surface area contributed by atoms with Crippen molar-refractivity contribution in [2.45, 2.75) is 38.8 Å². The zero-order chi connectivity index (χ0) is 16.3. The molecule has 1 aliphatic heterocycles. The van der Waals surface area contributed by atoms with Gasteiger partial charge in [-0.25, -0.2) is 9.18 Å². The summed E-state index contributed by atoms with van der Waals surface area (Å²) in [6.07, 6.45) is 2.18. The van der Waals surface area contributed by atoms with Crippen LogP contribution in [0.3, 0.4) is 0 Å². The van der Waals surface area contributed by atoms with E-state index in [-0.39, 0.29) is 18.0 Å². The van der Waals surface area contributed by atoms with Gasteiger partial charge >= 0.3 is 6.09 Å². The minimum Gasteiger partial charge on any atom is -0.444 e. The minimum atomic E-state index is -0.511. The van der Waals surface area contributed by atoms with Crippen LogP contribution < -0.4 is 5.32 Å². The molecular formula is C17H23FN2O2. The molecule has 1 heterocycles. The van der Waals surface area contributed by atoms with Crippen LogP contribution in [-0.4, -0.2) is 30.2 Å². The third kappa shape index (κ3) is 4.23. The van der Waals surface area contributed by atoms with Gasteiger partial charge in [-0.05, 0) is 45.0 Å². The normalized spacial score (nSPS) is 17.7. The molecule has 4 nitrogen and oxygen atoms in total. The quantitative estimate of drug-likeness (QED) is 0.927. The summed E-state index contributed by atoms with van der Waals surface area (Å²) >= 11 is 0. The van der Waals surface area contributed by atoms with Gasteiger partial charge in [-0.2, -0.15) is 0 Å². The van der Waals surface area contributed by atoms with Crippen LogP contribution in [0.25, 0.3) is 0 Å². The number of carbonyl (C=O) groups is 1. The Morgan fingerprint density at radius 2 is 2.09 bits per heavy atom. The predicted octanol–water partition coefficient (Wildman–Crippen LogP) is 3.61. The number of nitrogens with zero attached hydrogens (tertiary/aromatic N) is 1. The summed E-state index contributed by atoms with van der Waals surface area (Å²) in [6, 6.07) is 6.66. The van der Waals surface area contributed by atoms with E-state index in [0.29, 0.717) is 18.5 Å². The SMILES string of the molecule is CN(CC1=CNC(c2ccccc2F)C1)C(=O)OC(C)(C)C. The van der Waals surface area contributed by atoms with Gasteiger partial charge in [-0.15, -0.1) is 0 Å². The maximum absolute atomic E-state index is 13.8. The topological polar surface area (TPSA) is 41.6 Å². The Hall–Kier alpha value is -2.04. The average Bonchev–Trinajstić information content (AvgIpc) is 2.85. The van der Waals surface area contributed by atoms with Gasteiger partial charge < -0.3 is 15.0 Å². The first-order valence-corrected chi connectivity index (χ1v) is 7.39. The Morgan fingerprint density at radius 1 is 1.41 bits per heavy atom. The maximum atomic E-state index is 13.8. The number of ether oxygens (including phenoxy) is 1. The highest BCUT2D eigenvalue weighted by Crippen LogP contribution is 2.28. The fourth-order valence-corrected chi connectivity index (χ4v) is 2.38. The highest BCUT2D eigenvalue weighted by Gasteiger charge is 2.24. The van der Waals surface area contributed by atoms with Crippen LogP contribution in [0, 0.1) is 5.82 Å². The summed E-state index contributed by atoms with van der Waals surface area (Å²) in [4.78, 5) is 13.5. The highest BCUT2D eigenvalue weighted by molar-refractivity contribution is 5.68. The van der Waals surface area contributed by atoms with Crippen LogP contribution in [0.4, 0.5) is 9.18 Å². The number of carbonyl (C=O) groups excluding carboxylic acids is 1. The van der Waals surface area contributed by atoms with E-state index < -0.39 is 5.60 Å². The molecule has 0 radical (unpaired) electrons. The molecule has 0 fully saturated rings. The van der Waals surface area contributed by atoms with E-state index in [2.05, 4.69) is 5.32 Å². The second-order valence-electron chi connectivity index (χ2n) is 6.58. The highest BCUT2D eigenvalue weighted by atomic mass is 19.1. The summed E-state index contributed by atoms with van der Waals surface area (Å²) in [5, 5.41) is 3.18. The van der Waals surface area contributed by atoms with Gasteiger partial charge in [0.25, 0.3) is 0 Å². The van der Waals surface area contributed by atoms with Gasteiger partial charge in [0.2, 0.25) is 0 Å². The van der Waals surface area contributed by atoms with Crippen molar-refractivity contribution in [3.05, 3.63) is 47.4 Å². The lowest BCUT2D eigenvalue weighted by molar-refractivity contribution is 0.0312. The summed E-state index contributed by atoms with van der Waals surface area (Å²) in [5.74, 6) is -0.213. The molecule has 1 N–H and O–H groups in total. The molecule has 0 aliphatic carbocycles. The Labute approximate surface area is 131 Å². The van der Waals surface area contributed by atoms with E-state index in [4.69, 9.17) is 4.74 Å². The van der Waals surface area contributed by atoms with Gasteiger partial charge in [0, 0.05) is 19.2 Å². The third-order valence-electron chi connectivity index (χ3n) is 3.38. The number of hydrogen-bond acceptors (Lipinski definition) is 3. The number of halogens is 1. The van der Waals surface area contributed by atoms with Crippen molar-refractivity contribution < 1.29 is 13.9 Å². The molecule has 0 saturated carbocycles. The Balaban J connectivity index is 1.91.